The molecule has 0 saturated carbocycles. The maximum atomic E-state index is 12.2. The molecular weight excluding hydrogens is 338 g/mol. The summed E-state index contributed by atoms with van der Waals surface area (Å²) < 4.78 is 1.90. The third-order valence-corrected chi connectivity index (χ3v) is 4.43. The summed E-state index contributed by atoms with van der Waals surface area (Å²) in [4.78, 5) is 16.4. The molecule has 0 fully saturated rings. The number of nitrogens with one attached hydrogen (secondary N) is 2. The topological polar surface area (TPSA) is 84.5 Å². The van der Waals surface area contributed by atoms with Crippen molar-refractivity contribution < 1.29 is 4.79 Å². The Morgan fingerprint density at radius 3 is 2.56 bits per heavy atom. The van der Waals surface area contributed by atoms with Gasteiger partial charge >= 0.3 is 6.03 Å². The number of benzene rings is 2. The first kappa shape index (κ1) is 16.7. The summed E-state index contributed by atoms with van der Waals surface area (Å²) in [6.45, 7) is 1.95. The van der Waals surface area contributed by atoms with E-state index >= 15 is 0 Å². The highest BCUT2D eigenvalue weighted by atomic mass is 16.2. The number of pyridine rings is 1. The number of urea groups is 1. The normalized spacial score (nSPS) is 10.7. The zero-order chi connectivity index (χ0) is 18.8. The number of nitrogen functional groups attached to an aromatic ring is 1. The van der Waals surface area contributed by atoms with Gasteiger partial charge in [0, 0.05) is 23.1 Å². The number of hydrogen-bond donors (Lipinski definition) is 3. The van der Waals surface area contributed by atoms with Crippen LogP contribution < -0.4 is 16.4 Å². The average molecular weight is 357 g/mol. The second kappa shape index (κ2) is 6.84. The number of hydrogen-bond acceptors (Lipinski definition) is 3. The van der Waals surface area contributed by atoms with E-state index in [2.05, 4.69) is 15.6 Å². The quantitative estimate of drug-likeness (QED) is 0.503. The number of rotatable bonds is 3. The summed E-state index contributed by atoms with van der Waals surface area (Å²) in [6, 6.07) is 18.9. The molecule has 0 bridgehead atoms. The summed E-state index contributed by atoms with van der Waals surface area (Å²) in [7, 11) is 0. The summed E-state index contributed by atoms with van der Waals surface area (Å²) in [6.07, 6.45) is 3.61. The number of para-hydroxylation sites is 1. The van der Waals surface area contributed by atoms with Crippen molar-refractivity contribution in [3.8, 4) is 11.1 Å². The number of carbonyl (C=O) groups excluding carboxylic acids is 1. The van der Waals surface area contributed by atoms with E-state index < -0.39 is 0 Å². The molecule has 0 atom stereocenters. The highest BCUT2D eigenvalue weighted by molar-refractivity contribution is 6.00. The van der Waals surface area contributed by atoms with E-state index in [4.69, 9.17) is 5.73 Å². The first-order valence-electron chi connectivity index (χ1n) is 8.57. The van der Waals surface area contributed by atoms with E-state index in [9.17, 15) is 4.79 Å². The first-order valence-corrected chi connectivity index (χ1v) is 8.57. The number of nitrogens with two attached hydrogens (primary N) is 1. The van der Waals surface area contributed by atoms with Crippen molar-refractivity contribution in [1.29, 1.82) is 0 Å². The van der Waals surface area contributed by atoms with Gasteiger partial charge in [-0.15, -0.1) is 0 Å². The Bertz CT molecular complexity index is 1120. The summed E-state index contributed by atoms with van der Waals surface area (Å²) in [5.41, 5.74) is 11.4. The van der Waals surface area contributed by atoms with Crippen LogP contribution in [0.25, 0.3) is 16.6 Å². The zero-order valence-corrected chi connectivity index (χ0v) is 14.8. The monoisotopic (exact) mass is 357 g/mol. The van der Waals surface area contributed by atoms with Crippen LogP contribution in [-0.2, 0) is 0 Å². The van der Waals surface area contributed by atoms with Crippen molar-refractivity contribution in [2.45, 2.75) is 6.92 Å². The Labute approximate surface area is 156 Å². The molecule has 0 unspecified atom stereocenters. The van der Waals surface area contributed by atoms with Gasteiger partial charge in [-0.2, -0.15) is 0 Å². The van der Waals surface area contributed by atoms with Gasteiger partial charge in [0.05, 0.1) is 5.52 Å². The van der Waals surface area contributed by atoms with E-state index in [1.807, 2.05) is 78.2 Å². The fourth-order valence-electron chi connectivity index (χ4n) is 3.04. The van der Waals surface area contributed by atoms with Crippen LogP contribution in [-0.4, -0.2) is 15.4 Å². The molecule has 4 rings (SSSR count). The van der Waals surface area contributed by atoms with Crippen LogP contribution in [0.3, 0.4) is 0 Å². The maximum Gasteiger partial charge on any atom is 0.323 e. The summed E-state index contributed by atoms with van der Waals surface area (Å²) >= 11 is 0. The molecule has 2 heterocycles. The van der Waals surface area contributed by atoms with Crippen molar-refractivity contribution >= 4 is 28.7 Å². The molecule has 0 aliphatic heterocycles. The number of nitrogens with zero attached hydrogens (tertiary/aromatic N) is 2. The average Bonchev–Trinajstić information content (AvgIpc) is 3.06. The lowest BCUT2D eigenvalue weighted by molar-refractivity contribution is 0.262. The van der Waals surface area contributed by atoms with Crippen LogP contribution in [0, 0.1) is 6.92 Å². The number of carbonyl (C=O) groups is 1. The molecule has 27 heavy (non-hydrogen) atoms. The molecule has 6 heteroatoms. The van der Waals surface area contributed by atoms with Crippen LogP contribution >= 0.6 is 0 Å². The molecular formula is C21H19N5O. The zero-order valence-electron chi connectivity index (χ0n) is 14.8. The second-order valence-corrected chi connectivity index (χ2v) is 6.28. The van der Waals surface area contributed by atoms with Crippen LogP contribution in [0.4, 0.5) is 22.0 Å². The fourth-order valence-corrected chi connectivity index (χ4v) is 3.04. The van der Waals surface area contributed by atoms with Gasteiger partial charge in [0.15, 0.2) is 0 Å². The molecule has 0 saturated heterocycles. The van der Waals surface area contributed by atoms with Gasteiger partial charge in [-0.3, -0.25) is 0 Å². The van der Waals surface area contributed by atoms with Crippen molar-refractivity contribution in [2.24, 2.45) is 0 Å². The summed E-state index contributed by atoms with van der Waals surface area (Å²) in [5, 5.41) is 5.70. The Hall–Kier alpha value is -3.80. The van der Waals surface area contributed by atoms with Gasteiger partial charge in [0.2, 0.25) is 0 Å². The highest BCUT2D eigenvalue weighted by Crippen LogP contribution is 2.28. The van der Waals surface area contributed by atoms with Crippen LogP contribution in [0.1, 0.15) is 5.56 Å². The standard InChI is InChI=1S/C21H19N5O/c1-14-5-2-3-7-18(14)25-21(27)24-16-10-8-15(9-11-16)17-6-4-12-26-13-23-20(22)19(17)26/h2-13H,22H2,1H3,(H2,24,25,27). The second-order valence-electron chi connectivity index (χ2n) is 6.28. The Morgan fingerprint density at radius 2 is 1.78 bits per heavy atom. The Balaban J connectivity index is 1.53. The maximum absolute atomic E-state index is 12.2. The number of aryl methyl sites for hydroxylation is 1. The number of anilines is 3. The fraction of sp³-hybridized carbons (Fsp3) is 0.0476. The Morgan fingerprint density at radius 1 is 1.00 bits per heavy atom. The van der Waals surface area contributed by atoms with E-state index in [1.165, 1.54) is 0 Å². The number of imidazole rings is 1. The van der Waals surface area contributed by atoms with Crippen LogP contribution in [0.15, 0.2) is 73.2 Å². The molecule has 0 aliphatic rings. The summed E-state index contributed by atoms with van der Waals surface area (Å²) in [5.74, 6) is 0.491. The van der Waals surface area contributed by atoms with Crippen molar-refractivity contribution in [3.63, 3.8) is 0 Å². The molecule has 134 valence electrons. The lowest BCUT2D eigenvalue weighted by Crippen LogP contribution is -2.19. The van der Waals surface area contributed by atoms with Gasteiger partial charge < -0.3 is 20.8 Å². The minimum atomic E-state index is -0.279. The van der Waals surface area contributed by atoms with Crippen LogP contribution in [0.2, 0.25) is 0 Å². The number of amides is 2. The molecule has 2 amide bonds. The van der Waals surface area contributed by atoms with E-state index in [1.54, 1.807) is 6.33 Å². The SMILES string of the molecule is Cc1ccccc1NC(=O)Nc1ccc(-c2cccn3cnc(N)c23)cc1. The Kier molecular flexibility index (Phi) is 4.22. The third kappa shape index (κ3) is 3.32. The molecule has 2 aromatic carbocycles. The predicted octanol–water partition coefficient (Wildman–Crippen LogP) is 4.54. The van der Waals surface area contributed by atoms with Gasteiger partial charge in [0.25, 0.3) is 0 Å². The molecule has 0 aliphatic carbocycles. The largest absolute Gasteiger partial charge is 0.382 e. The molecule has 0 spiro atoms. The van der Waals surface area contributed by atoms with E-state index in [0.29, 0.717) is 11.5 Å². The van der Waals surface area contributed by atoms with Crippen molar-refractivity contribution in [2.75, 3.05) is 16.4 Å². The highest BCUT2D eigenvalue weighted by Gasteiger charge is 2.09. The number of aromatic nitrogens is 2. The predicted molar refractivity (Wildman–Crippen MR) is 109 cm³/mol. The third-order valence-electron chi connectivity index (χ3n) is 4.43. The van der Waals surface area contributed by atoms with Gasteiger partial charge in [-0.05, 0) is 42.3 Å². The van der Waals surface area contributed by atoms with Gasteiger partial charge in [0.1, 0.15) is 12.1 Å². The molecule has 0 radical (unpaired) electrons. The van der Waals surface area contributed by atoms with E-state index in [0.717, 1.165) is 27.9 Å². The van der Waals surface area contributed by atoms with Gasteiger partial charge in [-0.25, -0.2) is 9.78 Å². The lowest BCUT2D eigenvalue weighted by Gasteiger charge is -2.11. The van der Waals surface area contributed by atoms with Crippen molar-refractivity contribution in [1.82, 2.24) is 9.38 Å². The van der Waals surface area contributed by atoms with Crippen molar-refractivity contribution in [3.05, 3.63) is 78.8 Å². The first-order chi connectivity index (χ1) is 13.1. The molecule has 4 N–H and O–H groups in total. The molecule has 4 aromatic rings. The van der Waals surface area contributed by atoms with Gasteiger partial charge in [-0.1, -0.05) is 36.4 Å². The minimum absolute atomic E-state index is 0.279. The molecule has 2 aromatic heterocycles. The molecule has 6 nitrogen and oxygen atoms in total. The van der Waals surface area contributed by atoms with E-state index in [-0.39, 0.29) is 6.03 Å². The minimum Gasteiger partial charge on any atom is -0.382 e. The smallest absolute Gasteiger partial charge is 0.323 e. The lowest BCUT2D eigenvalue weighted by atomic mass is 10.1. The number of fused-ring (bicyclic) bond motifs is 1. The van der Waals surface area contributed by atoms with Crippen LogP contribution in [0.5, 0.6) is 0 Å².